The van der Waals surface area contributed by atoms with Crippen LogP contribution in [0.3, 0.4) is 0 Å². The molecule has 0 N–H and O–H groups in total. The molecule has 0 fully saturated rings. The van der Waals surface area contributed by atoms with Crippen LogP contribution in [0.5, 0.6) is 0 Å². The van der Waals surface area contributed by atoms with Crippen molar-refractivity contribution in [1.29, 1.82) is 0 Å². The fourth-order valence-corrected chi connectivity index (χ4v) is 0.885. The van der Waals surface area contributed by atoms with Gasteiger partial charge in [-0.25, -0.2) is 0 Å². The van der Waals surface area contributed by atoms with E-state index in [9.17, 15) is 0 Å². The van der Waals surface area contributed by atoms with E-state index in [-0.39, 0.29) is 0 Å². The number of hydrogen-bond acceptors (Lipinski definition) is 2. The average molecular weight is 148 g/mol. The van der Waals surface area contributed by atoms with E-state index in [2.05, 4.69) is 23.0 Å². The van der Waals surface area contributed by atoms with Gasteiger partial charge < -0.3 is 0 Å². The zero-order valence-electron chi connectivity index (χ0n) is 6.86. The van der Waals surface area contributed by atoms with Gasteiger partial charge in [0.1, 0.15) is 0 Å². The normalized spacial score (nSPS) is 23.8. The van der Waals surface area contributed by atoms with Crippen molar-refractivity contribution in [2.45, 2.75) is 6.92 Å². The van der Waals surface area contributed by atoms with Crippen LogP contribution < -0.4 is 0 Å². The SMILES string of the molecule is CN=C/C=C\C1=CC(C)C=N1. The van der Waals surface area contributed by atoms with E-state index in [4.69, 9.17) is 0 Å². The second-order valence-electron chi connectivity index (χ2n) is 2.50. The van der Waals surface area contributed by atoms with Crippen LogP contribution in [0.25, 0.3) is 0 Å². The first-order valence-electron chi connectivity index (χ1n) is 3.68. The highest BCUT2D eigenvalue weighted by Crippen LogP contribution is 2.11. The third-order valence-corrected chi connectivity index (χ3v) is 1.39. The molecule has 0 aromatic rings. The molecule has 58 valence electrons. The average Bonchev–Trinajstić information content (AvgIpc) is 2.37. The van der Waals surface area contributed by atoms with Gasteiger partial charge in [-0.05, 0) is 12.2 Å². The molecule has 0 amide bonds. The van der Waals surface area contributed by atoms with Crippen LogP contribution in [0.1, 0.15) is 6.92 Å². The fraction of sp³-hybridized carbons (Fsp3) is 0.333. The summed E-state index contributed by atoms with van der Waals surface area (Å²) in [5.74, 6) is 0.480. The van der Waals surface area contributed by atoms with Crippen molar-refractivity contribution >= 4 is 12.4 Å². The first-order chi connectivity index (χ1) is 5.33. The van der Waals surface area contributed by atoms with E-state index in [1.807, 2.05) is 18.4 Å². The first-order valence-corrected chi connectivity index (χ1v) is 3.68. The maximum Gasteiger partial charge on any atom is 0.0593 e. The van der Waals surface area contributed by atoms with Gasteiger partial charge in [-0.2, -0.15) is 0 Å². The Labute approximate surface area is 67.1 Å². The zero-order valence-corrected chi connectivity index (χ0v) is 6.86. The minimum Gasteiger partial charge on any atom is -0.297 e. The lowest BCUT2D eigenvalue weighted by atomic mass is 10.2. The molecule has 1 unspecified atom stereocenters. The summed E-state index contributed by atoms with van der Waals surface area (Å²) in [6, 6.07) is 0. The number of hydrogen-bond donors (Lipinski definition) is 0. The Kier molecular flexibility index (Phi) is 2.78. The van der Waals surface area contributed by atoms with Crippen LogP contribution in [0.15, 0.2) is 33.9 Å². The van der Waals surface area contributed by atoms with Crippen molar-refractivity contribution in [3.63, 3.8) is 0 Å². The summed E-state index contributed by atoms with van der Waals surface area (Å²) in [6.07, 6.45) is 9.64. The van der Waals surface area contributed by atoms with Crippen molar-refractivity contribution < 1.29 is 0 Å². The molecule has 0 bridgehead atoms. The van der Waals surface area contributed by atoms with E-state index in [0.717, 1.165) is 5.70 Å². The van der Waals surface area contributed by atoms with Crippen LogP contribution in [0, 0.1) is 5.92 Å². The molecular formula is C9H12N2. The van der Waals surface area contributed by atoms with Crippen LogP contribution in [-0.4, -0.2) is 19.5 Å². The molecule has 1 atom stereocenters. The van der Waals surface area contributed by atoms with Gasteiger partial charge in [-0.3, -0.25) is 9.98 Å². The predicted molar refractivity (Wildman–Crippen MR) is 49.3 cm³/mol. The van der Waals surface area contributed by atoms with Gasteiger partial charge in [0.15, 0.2) is 0 Å². The first kappa shape index (κ1) is 7.92. The molecule has 0 aromatic heterocycles. The van der Waals surface area contributed by atoms with E-state index >= 15 is 0 Å². The summed E-state index contributed by atoms with van der Waals surface area (Å²) in [7, 11) is 1.75. The van der Waals surface area contributed by atoms with Crippen LogP contribution in [-0.2, 0) is 0 Å². The predicted octanol–water partition coefficient (Wildman–Crippen LogP) is 1.85. The van der Waals surface area contributed by atoms with Crippen molar-refractivity contribution in [1.82, 2.24) is 0 Å². The van der Waals surface area contributed by atoms with E-state index < -0.39 is 0 Å². The summed E-state index contributed by atoms with van der Waals surface area (Å²) >= 11 is 0. The van der Waals surface area contributed by atoms with Gasteiger partial charge in [0.25, 0.3) is 0 Å². The lowest BCUT2D eigenvalue weighted by Gasteiger charge is -1.84. The summed E-state index contributed by atoms with van der Waals surface area (Å²) in [5, 5.41) is 0. The van der Waals surface area contributed by atoms with E-state index in [1.54, 1.807) is 13.3 Å². The number of rotatable bonds is 2. The molecular weight excluding hydrogens is 136 g/mol. The standard InChI is InChI=1S/C9H12N2/c1-8-6-9(11-7-8)4-3-5-10-2/h3-8H,1-2H3/b4-3-,10-5?. The van der Waals surface area contributed by atoms with Gasteiger partial charge in [-0.1, -0.05) is 13.0 Å². The molecule has 2 nitrogen and oxygen atoms in total. The van der Waals surface area contributed by atoms with Gasteiger partial charge in [0.05, 0.1) is 5.70 Å². The smallest absolute Gasteiger partial charge is 0.0593 e. The fourth-order valence-electron chi connectivity index (χ4n) is 0.885. The molecule has 1 heterocycles. The molecule has 11 heavy (non-hydrogen) atoms. The largest absolute Gasteiger partial charge is 0.297 e. The van der Waals surface area contributed by atoms with Crippen LogP contribution in [0.2, 0.25) is 0 Å². The Bertz CT molecular complexity index is 234. The second kappa shape index (κ2) is 3.86. The Morgan fingerprint density at radius 3 is 3.00 bits per heavy atom. The van der Waals surface area contributed by atoms with Crippen molar-refractivity contribution in [2.24, 2.45) is 15.9 Å². The lowest BCUT2D eigenvalue weighted by Crippen LogP contribution is -1.81. The maximum atomic E-state index is 4.18. The highest BCUT2D eigenvalue weighted by Gasteiger charge is 2.00. The number of aliphatic imine (C=N–C) groups is 2. The minimum absolute atomic E-state index is 0.480. The van der Waals surface area contributed by atoms with Gasteiger partial charge in [0.2, 0.25) is 0 Å². The molecule has 0 saturated heterocycles. The Hall–Kier alpha value is -1.18. The van der Waals surface area contributed by atoms with E-state index in [1.165, 1.54) is 0 Å². The van der Waals surface area contributed by atoms with Gasteiger partial charge in [-0.15, -0.1) is 0 Å². The van der Waals surface area contributed by atoms with Gasteiger partial charge >= 0.3 is 0 Å². The Balaban J connectivity index is 2.51. The number of nitrogens with zero attached hydrogens (tertiary/aromatic N) is 2. The molecule has 1 aliphatic rings. The highest BCUT2D eigenvalue weighted by molar-refractivity contribution is 5.73. The van der Waals surface area contributed by atoms with Crippen LogP contribution in [0.4, 0.5) is 0 Å². The Morgan fingerprint density at radius 1 is 1.64 bits per heavy atom. The second-order valence-corrected chi connectivity index (χ2v) is 2.50. The molecule has 0 aliphatic carbocycles. The monoisotopic (exact) mass is 148 g/mol. The summed E-state index contributed by atoms with van der Waals surface area (Å²) < 4.78 is 0. The van der Waals surface area contributed by atoms with Crippen LogP contribution >= 0.6 is 0 Å². The molecule has 1 aliphatic heterocycles. The van der Waals surface area contributed by atoms with E-state index in [0.29, 0.717) is 5.92 Å². The molecule has 1 rings (SSSR count). The molecule has 0 aromatic carbocycles. The third-order valence-electron chi connectivity index (χ3n) is 1.39. The van der Waals surface area contributed by atoms with Crippen molar-refractivity contribution in [3.8, 4) is 0 Å². The van der Waals surface area contributed by atoms with Crippen molar-refractivity contribution in [2.75, 3.05) is 7.05 Å². The third kappa shape index (κ3) is 2.50. The molecule has 0 radical (unpaired) electrons. The minimum atomic E-state index is 0.480. The topological polar surface area (TPSA) is 24.7 Å². The van der Waals surface area contributed by atoms with Crippen molar-refractivity contribution in [3.05, 3.63) is 23.9 Å². The molecule has 2 heteroatoms. The molecule has 0 saturated carbocycles. The zero-order chi connectivity index (χ0) is 8.10. The molecule has 0 spiro atoms. The summed E-state index contributed by atoms with van der Waals surface area (Å²) in [6.45, 7) is 2.11. The Morgan fingerprint density at radius 2 is 2.45 bits per heavy atom. The quantitative estimate of drug-likeness (QED) is 0.534. The highest BCUT2D eigenvalue weighted by atomic mass is 14.7. The lowest BCUT2D eigenvalue weighted by molar-refractivity contribution is 1.05. The van der Waals surface area contributed by atoms with Gasteiger partial charge in [0, 0.05) is 25.4 Å². The summed E-state index contributed by atoms with van der Waals surface area (Å²) in [5.41, 5.74) is 1.03. The number of allylic oxidation sites excluding steroid dienone is 3. The summed E-state index contributed by atoms with van der Waals surface area (Å²) in [4.78, 5) is 8.00. The maximum absolute atomic E-state index is 4.18.